The number of aryl methyl sites for hydroxylation is 1. The van der Waals surface area contributed by atoms with E-state index in [1.807, 2.05) is 19.1 Å². The van der Waals surface area contributed by atoms with Crippen molar-refractivity contribution in [3.05, 3.63) is 29.3 Å². The third-order valence-corrected chi connectivity index (χ3v) is 5.40. The summed E-state index contributed by atoms with van der Waals surface area (Å²) in [5.74, 6) is 0.171. The van der Waals surface area contributed by atoms with Gasteiger partial charge in [-0.1, -0.05) is 31.9 Å². The molecule has 1 aliphatic rings. The molecule has 4 heteroatoms. The molecule has 1 heterocycles. The average Bonchev–Trinajstić information content (AvgIpc) is 2.61. The lowest BCUT2D eigenvalue weighted by atomic mass is 9.94. The van der Waals surface area contributed by atoms with E-state index in [1.165, 1.54) is 19.3 Å². The number of Topliss-reactive ketones (excluding diaryl/α,β-unsaturated/α-hetero) is 1. The first-order valence-corrected chi connectivity index (χ1v) is 9.58. The molecule has 4 nitrogen and oxygen atoms in total. The molecular formula is C21H32N2O2. The third kappa shape index (κ3) is 5.40. The molecule has 0 saturated carbocycles. The number of anilines is 1. The molecule has 1 amide bonds. The Balaban J connectivity index is 1.91. The standard InChI is InChI=1S/C21H32N2O2/c1-5-6-7-16(3)23-12-10-18(11-13-23)21(25)22-20-14-19(17(4)24)9-8-15(20)2/h8-9,14,16,18H,5-7,10-13H2,1-4H3,(H,22,25). The largest absolute Gasteiger partial charge is 0.326 e. The van der Waals surface area contributed by atoms with Crippen LogP contribution in [0.15, 0.2) is 18.2 Å². The molecule has 0 aromatic heterocycles. The van der Waals surface area contributed by atoms with Crippen LogP contribution in [0.3, 0.4) is 0 Å². The van der Waals surface area contributed by atoms with Crippen molar-refractivity contribution in [1.29, 1.82) is 0 Å². The van der Waals surface area contributed by atoms with Gasteiger partial charge in [-0.15, -0.1) is 0 Å². The van der Waals surface area contributed by atoms with Crippen LogP contribution in [0.2, 0.25) is 0 Å². The SMILES string of the molecule is CCCCC(C)N1CCC(C(=O)Nc2cc(C(C)=O)ccc2C)CC1. The van der Waals surface area contributed by atoms with Crippen molar-refractivity contribution in [2.45, 2.75) is 65.8 Å². The van der Waals surface area contributed by atoms with Crippen molar-refractivity contribution in [3.8, 4) is 0 Å². The van der Waals surface area contributed by atoms with Crippen LogP contribution in [0.1, 0.15) is 68.8 Å². The number of hydrogen-bond donors (Lipinski definition) is 1. The van der Waals surface area contributed by atoms with E-state index in [2.05, 4.69) is 24.1 Å². The maximum Gasteiger partial charge on any atom is 0.227 e. The molecular weight excluding hydrogens is 312 g/mol. The van der Waals surface area contributed by atoms with Crippen LogP contribution in [0.5, 0.6) is 0 Å². The first kappa shape index (κ1) is 19.6. The number of ketones is 1. The fourth-order valence-electron chi connectivity index (χ4n) is 3.49. The van der Waals surface area contributed by atoms with Crippen LogP contribution in [0.25, 0.3) is 0 Å². The average molecular weight is 344 g/mol. The minimum absolute atomic E-state index is 0.0184. The Morgan fingerprint density at radius 1 is 1.28 bits per heavy atom. The monoisotopic (exact) mass is 344 g/mol. The molecule has 0 aliphatic carbocycles. The van der Waals surface area contributed by atoms with Crippen LogP contribution < -0.4 is 5.32 Å². The van der Waals surface area contributed by atoms with Gasteiger partial charge < -0.3 is 10.2 Å². The van der Waals surface area contributed by atoms with Crippen molar-refractivity contribution in [1.82, 2.24) is 4.90 Å². The van der Waals surface area contributed by atoms with E-state index in [0.29, 0.717) is 11.6 Å². The van der Waals surface area contributed by atoms with Crippen LogP contribution in [-0.2, 0) is 4.79 Å². The van der Waals surface area contributed by atoms with Crippen LogP contribution >= 0.6 is 0 Å². The van der Waals surface area contributed by atoms with Crippen LogP contribution in [0, 0.1) is 12.8 Å². The molecule has 0 radical (unpaired) electrons. The highest BCUT2D eigenvalue weighted by molar-refractivity contribution is 5.98. The fraction of sp³-hybridized carbons (Fsp3) is 0.619. The summed E-state index contributed by atoms with van der Waals surface area (Å²) in [6.07, 6.45) is 5.57. The van der Waals surface area contributed by atoms with E-state index in [4.69, 9.17) is 0 Å². The zero-order chi connectivity index (χ0) is 18.4. The second-order valence-electron chi connectivity index (χ2n) is 7.38. The zero-order valence-corrected chi connectivity index (χ0v) is 16.1. The highest BCUT2D eigenvalue weighted by Gasteiger charge is 2.27. The summed E-state index contributed by atoms with van der Waals surface area (Å²) in [6, 6.07) is 6.10. The molecule has 1 N–H and O–H groups in total. The Morgan fingerprint density at radius 3 is 2.56 bits per heavy atom. The second-order valence-corrected chi connectivity index (χ2v) is 7.38. The van der Waals surface area contributed by atoms with Gasteiger partial charge in [-0.05, 0) is 64.8 Å². The lowest BCUT2D eigenvalue weighted by Crippen LogP contribution is -2.42. The number of nitrogens with one attached hydrogen (secondary N) is 1. The number of rotatable bonds is 7. The summed E-state index contributed by atoms with van der Waals surface area (Å²) in [6.45, 7) is 10.0. The van der Waals surface area contributed by atoms with E-state index < -0.39 is 0 Å². The number of carbonyl (C=O) groups is 2. The predicted molar refractivity (Wildman–Crippen MR) is 103 cm³/mol. The second kappa shape index (κ2) is 9.14. The van der Waals surface area contributed by atoms with Gasteiger partial charge in [0.05, 0.1) is 0 Å². The van der Waals surface area contributed by atoms with Crippen LogP contribution in [0.4, 0.5) is 5.69 Å². The van der Waals surface area contributed by atoms with E-state index in [9.17, 15) is 9.59 Å². The third-order valence-electron chi connectivity index (χ3n) is 5.40. The quantitative estimate of drug-likeness (QED) is 0.745. The van der Waals surface area contributed by atoms with Gasteiger partial charge in [0, 0.05) is 23.2 Å². The summed E-state index contributed by atoms with van der Waals surface area (Å²) in [4.78, 5) is 26.7. The summed E-state index contributed by atoms with van der Waals surface area (Å²) in [5, 5.41) is 3.04. The summed E-state index contributed by atoms with van der Waals surface area (Å²) >= 11 is 0. The first-order valence-electron chi connectivity index (χ1n) is 9.58. The molecule has 1 aromatic carbocycles. The topological polar surface area (TPSA) is 49.4 Å². The Morgan fingerprint density at radius 2 is 1.96 bits per heavy atom. The minimum Gasteiger partial charge on any atom is -0.326 e. The lowest BCUT2D eigenvalue weighted by molar-refractivity contribution is -0.121. The molecule has 1 saturated heterocycles. The van der Waals surface area contributed by atoms with Gasteiger partial charge in [0.25, 0.3) is 0 Å². The van der Waals surface area contributed by atoms with Crippen molar-refractivity contribution < 1.29 is 9.59 Å². The highest BCUT2D eigenvalue weighted by Crippen LogP contribution is 2.24. The fourth-order valence-corrected chi connectivity index (χ4v) is 3.49. The van der Waals surface area contributed by atoms with Gasteiger partial charge in [0.2, 0.25) is 5.91 Å². The van der Waals surface area contributed by atoms with E-state index in [-0.39, 0.29) is 17.6 Å². The number of nitrogens with zero attached hydrogens (tertiary/aromatic N) is 1. The number of piperidine rings is 1. The summed E-state index contributed by atoms with van der Waals surface area (Å²) in [7, 11) is 0. The number of hydrogen-bond acceptors (Lipinski definition) is 3. The molecule has 1 unspecified atom stereocenters. The number of carbonyl (C=O) groups excluding carboxylic acids is 2. The van der Waals surface area contributed by atoms with Gasteiger partial charge in [-0.3, -0.25) is 9.59 Å². The molecule has 2 rings (SSSR count). The van der Waals surface area contributed by atoms with Crippen molar-refractivity contribution in [2.24, 2.45) is 5.92 Å². The Kier molecular flexibility index (Phi) is 7.18. The molecule has 25 heavy (non-hydrogen) atoms. The van der Waals surface area contributed by atoms with Crippen molar-refractivity contribution in [3.63, 3.8) is 0 Å². The normalized spacial score (nSPS) is 17.3. The summed E-state index contributed by atoms with van der Waals surface area (Å²) in [5.41, 5.74) is 2.39. The van der Waals surface area contributed by atoms with Gasteiger partial charge in [0.1, 0.15) is 0 Å². The lowest BCUT2D eigenvalue weighted by Gasteiger charge is -2.35. The predicted octanol–water partition coefficient (Wildman–Crippen LogP) is 4.43. The minimum atomic E-state index is 0.0184. The molecule has 1 fully saturated rings. The maximum absolute atomic E-state index is 12.6. The molecule has 0 spiro atoms. The van der Waals surface area contributed by atoms with Gasteiger partial charge in [-0.2, -0.15) is 0 Å². The zero-order valence-electron chi connectivity index (χ0n) is 16.1. The number of unbranched alkanes of at least 4 members (excludes halogenated alkanes) is 1. The smallest absolute Gasteiger partial charge is 0.227 e. The highest BCUT2D eigenvalue weighted by atomic mass is 16.2. The van der Waals surface area contributed by atoms with Gasteiger partial charge in [-0.25, -0.2) is 0 Å². The van der Waals surface area contributed by atoms with E-state index >= 15 is 0 Å². The molecule has 1 aliphatic heterocycles. The van der Waals surface area contributed by atoms with Crippen molar-refractivity contribution >= 4 is 17.4 Å². The Hall–Kier alpha value is -1.68. The number of amides is 1. The van der Waals surface area contributed by atoms with E-state index in [0.717, 1.165) is 37.2 Å². The van der Waals surface area contributed by atoms with Gasteiger partial charge in [0.15, 0.2) is 5.78 Å². The molecule has 1 atom stereocenters. The molecule has 138 valence electrons. The summed E-state index contributed by atoms with van der Waals surface area (Å²) < 4.78 is 0. The Bertz CT molecular complexity index is 604. The van der Waals surface area contributed by atoms with Gasteiger partial charge >= 0.3 is 0 Å². The van der Waals surface area contributed by atoms with Crippen LogP contribution in [-0.4, -0.2) is 35.7 Å². The molecule has 1 aromatic rings. The first-order chi connectivity index (χ1) is 11.9. The number of benzene rings is 1. The van der Waals surface area contributed by atoms with E-state index in [1.54, 1.807) is 13.0 Å². The number of likely N-dealkylation sites (tertiary alicyclic amines) is 1. The Labute approximate surface area is 152 Å². The van der Waals surface area contributed by atoms with Crippen molar-refractivity contribution in [2.75, 3.05) is 18.4 Å². The maximum atomic E-state index is 12.6. The molecule has 0 bridgehead atoms.